The van der Waals surface area contributed by atoms with Crippen molar-refractivity contribution in [2.45, 2.75) is 63.8 Å². The molecule has 0 heterocycles. The van der Waals surface area contributed by atoms with Crippen molar-refractivity contribution in [3.8, 4) is 0 Å². The van der Waals surface area contributed by atoms with Crippen LogP contribution in [-0.4, -0.2) is 31.1 Å². The van der Waals surface area contributed by atoms with Gasteiger partial charge in [0.2, 0.25) is 0 Å². The zero-order valence-electron chi connectivity index (χ0n) is 13.8. The van der Waals surface area contributed by atoms with Gasteiger partial charge in [-0.1, -0.05) is 17.7 Å². The van der Waals surface area contributed by atoms with Gasteiger partial charge < -0.3 is 5.14 Å². The fraction of sp³-hybridized carbons (Fsp3) is 0.625. The maximum atomic E-state index is 10.6. The Kier molecular flexibility index (Phi) is 11.6. The first-order valence-corrected chi connectivity index (χ1v) is 17.5. The Hall–Kier alpha value is 0.0521. The van der Waals surface area contributed by atoms with E-state index in [4.69, 9.17) is 5.14 Å². The Morgan fingerprint density at radius 2 is 1.29 bits per heavy atom. The quantitative estimate of drug-likeness (QED) is 0.462. The summed E-state index contributed by atoms with van der Waals surface area (Å²) in [7, 11) is -3.77. The SMILES string of the molecule is CC[CH2][Pb]([CH2]CC)[CH2]CC.Cc1ccc(S([NH-])(=O)=O)cc1. The summed E-state index contributed by atoms with van der Waals surface area (Å²) in [5.74, 6) is 0. The van der Waals surface area contributed by atoms with Crippen LogP contribution < -0.4 is 0 Å². The summed E-state index contributed by atoms with van der Waals surface area (Å²) in [5, 5.41) is 6.72. The van der Waals surface area contributed by atoms with Crippen molar-refractivity contribution >= 4 is 32.7 Å². The normalized spacial score (nSPS) is 11.1. The number of hydrogen-bond acceptors (Lipinski definition) is 2. The summed E-state index contributed by atoms with van der Waals surface area (Å²) < 4.78 is 26.2. The van der Waals surface area contributed by atoms with Crippen molar-refractivity contribution in [2.75, 3.05) is 0 Å². The molecule has 0 atom stereocenters. The fourth-order valence-electron chi connectivity index (χ4n) is 2.15. The van der Waals surface area contributed by atoms with Crippen LogP contribution in [0.2, 0.25) is 11.9 Å². The molecule has 3 nitrogen and oxygen atoms in total. The van der Waals surface area contributed by atoms with Crippen LogP contribution in [0.25, 0.3) is 5.14 Å². The Morgan fingerprint density at radius 3 is 1.57 bits per heavy atom. The minimum atomic E-state index is -3.77. The van der Waals surface area contributed by atoms with Gasteiger partial charge in [-0.2, -0.15) is 0 Å². The molecule has 0 saturated carbocycles. The predicted octanol–water partition coefficient (Wildman–Crippen LogP) is 5.45. The Morgan fingerprint density at radius 1 is 0.905 bits per heavy atom. The number of benzene rings is 1. The summed E-state index contributed by atoms with van der Waals surface area (Å²) in [6.45, 7) is 8.89. The number of aryl methyl sites for hydroxylation is 1. The predicted molar refractivity (Wildman–Crippen MR) is 93.7 cm³/mol. The van der Waals surface area contributed by atoms with Crippen molar-refractivity contribution in [2.24, 2.45) is 0 Å². The third-order valence-electron chi connectivity index (χ3n) is 3.14. The van der Waals surface area contributed by atoms with Crippen LogP contribution in [0.1, 0.15) is 45.6 Å². The summed E-state index contributed by atoms with van der Waals surface area (Å²) in [4.78, 5) is 0.0445. The summed E-state index contributed by atoms with van der Waals surface area (Å²) in [6, 6.07) is 6.19. The standard InChI is InChI=1S/C7H8NO2S.3C3H7.Pb/c1-6-2-4-7(5-3-6)11(8,9)10;3*1-3-2;/h2-5H,1H3,(H-,8,9,10);3*1,3H2,2H3;/q-1;;;;. The molecule has 1 aromatic rings. The second-order valence-corrected chi connectivity index (χ2v) is 18.5. The molecule has 5 heteroatoms. The van der Waals surface area contributed by atoms with Crippen LogP contribution in [0, 0.1) is 6.92 Å². The van der Waals surface area contributed by atoms with E-state index < -0.39 is 32.7 Å². The molecule has 0 aliphatic heterocycles. The minimum absolute atomic E-state index is 0.0445. The van der Waals surface area contributed by atoms with Gasteiger partial charge in [-0.3, -0.25) is 0 Å². The molecule has 0 aliphatic rings. The van der Waals surface area contributed by atoms with Gasteiger partial charge in [0.15, 0.2) is 0 Å². The number of sulfonamides is 1. The van der Waals surface area contributed by atoms with E-state index in [1.807, 2.05) is 6.92 Å². The molecule has 1 aromatic carbocycles. The average molecular weight is 507 g/mol. The van der Waals surface area contributed by atoms with Gasteiger partial charge in [0.05, 0.1) is 10.0 Å². The van der Waals surface area contributed by atoms with E-state index in [0.29, 0.717) is 0 Å². The monoisotopic (exact) mass is 507 g/mol. The molecule has 21 heavy (non-hydrogen) atoms. The summed E-state index contributed by atoms with van der Waals surface area (Å²) in [5.41, 5.74) is 0.984. The van der Waals surface area contributed by atoms with Gasteiger partial charge in [-0.05, 0) is 19.1 Å². The van der Waals surface area contributed by atoms with Crippen molar-refractivity contribution in [1.29, 1.82) is 0 Å². The molecule has 1 N–H and O–H groups in total. The van der Waals surface area contributed by atoms with Crippen molar-refractivity contribution in [1.82, 2.24) is 0 Å². The van der Waals surface area contributed by atoms with E-state index in [-0.39, 0.29) is 4.90 Å². The Labute approximate surface area is 139 Å². The van der Waals surface area contributed by atoms with Crippen LogP contribution in [0.15, 0.2) is 29.2 Å². The van der Waals surface area contributed by atoms with Crippen LogP contribution >= 0.6 is 0 Å². The minimum Gasteiger partial charge on any atom is -0.560 e. The van der Waals surface area contributed by atoms with E-state index in [9.17, 15) is 8.42 Å². The molecule has 0 saturated heterocycles. The van der Waals surface area contributed by atoms with Crippen LogP contribution in [0.4, 0.5) is 0 Å². The molecule has 121 valence electrons. The van der Waals surface area contributed by atoms with E-state index in [0.717, 1.165) is 5.56 Å². The van der Waals surface area contributed by atoms with Crippen LogP contribution in [0.5, 0.6) is 0 Å². The smallest absolute Gasteiger partial charge is 0.0987 e. The van der Waals surface area contributed by atoms with E-state index in [1.165, 1.54) is 31.4 Å². The molecule has 0 amide bonds. The molecule has 0 fully saturated rings. The van der Waals surface area contributed by atoms with Crippen LogP contribution in [0.3, 0.4) is 0 Å². The molecular formula is C16H29NO2PbS-. The second-order valence-electron chi connectivity index (χ2n) is 5.32. The third-order valence-corrected chi connectivity index (χ3v) is 18.1. The second kappa shape index (κ2) is 11.6. The Bertz CT molecular complexity index is 457. The zero-order valence-corrected chi connectivity index (χ0v) is 18.5. The van der Waals surface area contributed by atoms with E-state index >= 15 is 0 Å². The van der Waals surface area contributed by atoms with Gasteiger partial charge in [0.1, 0.15) is 0 Å². The van der Waals surface area contributed by atoms with Crippen molar-refractivity contribution in [3.63, 3.8) is 0 Å². The molecule has 1 rings (SSSR count). The molecule has 0 unspecified atom stereocenters. The largest absolute Gasteiger partial charge is 0.560 e. The first-order valence-electron chi connectivity index (χ1n) is 7.74. The fourth-order valence-corrected chi connectivity index (χ4v) is 13.8. The summed E-state index contributed by atoms with van der Waals surface area (Å²) in [6.07, 6.45) is 4.38. The van der Waals surface area contributed by atoms with Crippen molar-refractivity contribution in [3.05, 3.63) is 35.0 Å². The number of rotatable bonds is 7. The maximum Gasteiger partial charge on any atom is 0.0987 e. The molecular weight excluding hydrogens is 477 g/mol. The van der Waals surface area contributed by atoms with Gasteiger partial charge in [0, 0.05) is 4.90 Å². The van der Waals surface area contributed by atoms with E-state index in [1.54, 1.807) is 24.1 Å². The average Bonchev–Trinajstić information content (AvgIpc) is 2.40. The molecule has 0 aromatic heterocycles. The van der Waals surface area contributed by atoms with Gasteiger partial charge in [0.25, 0.3) is 0 Å². The first-order chi connectivity index (χ1) is 9.85. The van der Waals surface area contributed by atoms with Gasteiger partial charge >= 0.3 is 74.7 Å². The van der Waals surface area contributed by atoms with Gasteiger partial charge in [-0.15, -0.1) is 0 Å². The molecule has 1 radical (unpaired) electrons. The maximum absolute atomic E-state index is 10.6. The zero-order chi connectivity index (χ0) is 16.3. The molecule has 0 spiro atoms. The molecule has 0 bridgehead atoms. The Balaban J connectivity index is 0.000000384. The summed E-state index contributed by atoms with van der Waals surface area (Å²) >= 11 is -0.907. The topological polar surface area (TPSA) is 57.9 Å². The van der Waals surface area contributed by atoms with Gasteiger partial charge in [-0.25, -0.2) is 8.42 Å². The van der Waals surface area contributed by atoms with Crippen molar-refractivity contribution < 1.29 is 8.42 Å². The third kappa shape index (κ3) is 10.4. The number of hydrogen-bond donors (Lipinski definition) is 0. The van der Waals surface area contributed by atoms with E-state index in [2.05, 4.69) is 20.8 Å². The first kappa shape index (κ1) is 21.1. The number of nitrogens with one attached hydrogen (secondary N) is 1. The van der Waals surface area contributed by atoms with Crippen LogP contribution in [-0.2, 0) is 10.0 Å². The molecule has 0 aliphatic carbocycles.